The van der Waals surface area contributed by atoms with Crippen molar-refractivity contribution in [1.29, 1.82) is 0 Å². The van der Waals surface area contributed by atoms with Crippen LogP contribution in [0.25, 0.3) is 0 Å². The smallest absolute Gasteiger partial charge is 0.497 e. The van der Waals surface area contributed by atoms with Crippen molar-refractivity contribution in [3.05, 3.63) is 48.2 Å². The lowest BCUT2D eigenvalue weighted by atomic mass is 10.0. The number of nitrogens with zero attached hydrogens (tertiary/aromatic N) is 2. The molecular formula is C17H17F3N2O2. The molecule has 128 valence electrons. The second-order valence-electron chi connectivity index (χ2n) is 5.52. The molecule has 0 saturated carbocycles. The molecule has 0 aliphatic carbocycles. The molecule has 1 saturated heterocycles. The predicted octanol–water partition coefficient (Wildman–Crippen LogP) is 4.33. The van der Waals surface area contributed by atoms with Gasteiger partial charge in [0, 0.05) is 6.54 Å². The number of pyridine rings is 1. The molecule has 1 unspecified atom stereocenters. The van der Waals surface area contributed by atoms with Gasteiger partial charge in [-0.25, -0.2) is 4.98 Å². The minimum Gasteiger partial charge on any atom is -0.497 e. The van der Waals surface area contributed by atoms with Crippen LogP contribution in [0.15, 0.2) is 42.6 Å². The van der Waals surface area contributed by atoms with Crippen LogP contribution in [-0.2, 0) is 0 Å². The third-order valence-electron chi connectivity index (χ3n) is 4.00. The molecule has 1 atom stereocenters. The fourth-order valence-electron chi connectivity index (χ4n) is 2.95. The largest absolute Gasteiger partial charge is 0.573 e. The molecule has 0 radical (unpaired) electrons. The summed E-state index contributed by atoms with van der Waals surface area (Å²) in [6.45, 7) is 0.809. The molecule has 1 aromatic carbocycles. The Balaban J connectivity index is 1.77. The first kappa shape index (κ1) is 16.4. The molecule has 1 aliphatic rings. The number of rotatable bonds is 4. The van der Waals surface area contributed by atoms with Gasteiger partial charge in [-0.15, -0.1) is 13.2 Å². The lowest BCUT2D eigenvalue weighted by Gasteiger charge is -2.26. The van der Waals surface area contributed by atoms with Gasteiger partial charge in [0.15, 0.2) is 0 Å². The number of aromatic nitrogens is 1. The van der Waals surface area contributed by atoms with Gasteiger partial charge in [-0.2, -0.15) is 0 Å². The summed E-state index contributed by atoms with van der Waals surface area (Å²) in [7, 11) is 1.62. The van der Waals surface area contributed by atoms with Gasteiger partial charge in [0.05, 0.1) is 19.3 Å². The number of anilines is 1. The number of alkyl halides is 3. The van der Waals surface area contributed by atoms with Gasteiger partial charge in [-0.1, -0.05) is 12.1 Å². The summed E-state index contributed by atoms with van der Waals surface area (Å²) in [5.74, 6) is 1.12. The highest BCUT2D eigenvalue weighted by molar-refractivity contribution is 5.46. The molecule has 1 aromatic heterocycles. The van der Waals surface area contributed by atoms with Crippen LogP contribution >= 0.6 is 0 Å². The summed E-state index contributed by atoms with van der Waals surface area (Å²) in [6, 6.07) is 10.8. The van der Waals surface area contributed by atoms with E-state index in [1.54, 1.807) is 13.2 Å². The average Bonchev–Trinajstić information content (AvgIpc) is 3.04. The quantitative estimate of drug-likeness (QED) is 0.831. The first-order chi connectivity index (χ1) is 11.5. The van der Waals surface area contributed by atoms with E-state index in [2.05, 4.69) is 14.6 Å². The molecule has 2 heterocycles. The molecule has 0 spiro atoms. The number of benzene rings is 1. The summed E-state index contributed by atoms with van der Waals surface area (Å²) >= 11 is 0. The monoisotopic (exact) mass is 338 g/mol. The minimum atomic E-state index is -4.71. The third-order valence-corrected chi connectivity index (χ3v) is 4.00. The van der Waals surface area contributed by atoms with Crippen molar-refractivity contribution in [1.82, 2.24) is 4.98 Å². The molecule has 0 amide bonds. The van der Waals surface area contributed by atoms with Crippen LogP contribution in [0.2, 0.25) is 0 Å². The Kier molecular flexibility index (Phi) is 4.51. The van der Waals surface area contributed by atoms with E-state index in [0.29, 0.717) is 5.82 Å². The fourth-order valence-corrected chi connectivity index (χ4v) is 2.95. The Morgan fingerprint density at radius 1 is 1.08 bits per heavy atom. The van der Waals surface area contributed by atoms with E-state index in [-0.39, 0.29) is 11.8 Å². The molecule has 3 rings (SSSR count). The standard InChI is InChI=1S/C17H17F3N2O2/c1-23-13-6-4-12(5-7-13)15-3-2-10-22(15)16-9-8-14(11-21-16)24-17(18,19)20/h4-9,11,15H,2-3,10H2,1H3. The van der Waals surface area contributed by atoms with E-state index >= 15 is 0 Å². The van der Waals surface area contributed by atoms with Crippen molar-refractivity contribution in [3.8, 4) is 11.5 Å². The van der Waals surface area contributed by atoms with Gasteiger partial charge in [-0.05, 0) is 42.7 Å². The van der Waals surface area contributed by atoms with E-state index in [1.807, 2.05) is 24.3 Å². The molecule has 0 N–H and O–H groups in total. The van der Waals surface area contributed by atoms with Gasteiger partial charge in [0.1, 0.15) is 17.3 Å². The van der Waals surface area contributed by atoms with Gasteiger partial charge < -0.3 is 14.4 Å². The SMILES string of the molecule is COc1ccc(C2CCCN2c2ccc(OC(F)(F)F)cn2)cc1. The zero-order valence-electron chi connectivity index (χ0n) is 13.1. The van der Waals surface area contributed by atoms with Crippen molar-refractivity contribution in [3.63, 3.8) is 0 Å². The first-order valence-corrected chi connectivity index (χ1v) is 7.59. The van der Waals surface area contributed by atoms with Crippen molar-refractivity contribution < 1.29 is 22.6 Å². The predicted molar refractivity (Wildman–Crippen MR) is 83.2 cm³/mol. The maximum absolute atomic E-state index is 12.2. The van der Waals surface area contributed by atoms with E-state index in [1.165, 1.54) is 6.07 Å². The number of methoxy groups -OCH3 is 1. The Labute approximate surface area is 137 Å². The lowest BCUT2D eigenvalue weighted by Crippen LogP contribution is -2.23. The highest BCUT2D eigenvalue weighted by atomic mass is 19.4. The Hall–Kier alpha value is -2.44. The van der Waals surface area contributed by atoms with E-state index in [4.69, 9.17) is 4.74 Å². The molecule has 0 bridgehead atoms. The fraction of sp³-hybridized carbons (Fsp3) is 0.353. The van der Waals surface area contributed by atoms with Crippen LogP contribution in [0.3, 0.4) is 0 Å². The highest BCUT2D eigenvalue weighted by Crippen LogP contribution is 2.36. The van der Waals surface area contributed by atoms with Crippen molar-refractivity contribution in [2.45, 2.75) is 25.2 Å². The summed E-state index contributed by atoms with van der Waals surface area (Å²) in [6.07, 6.45) is -1.64. The summed E-state index contributed by atoms with van der Waals surface area (Å²) in [5, 5.41) is 0. The Bertz CT molecular complexity index is 672. The van der Waals surface area contributed by atoms with Crippen molar-refractivity contribution in [2.75, 3.05) is 18.6 Å². The van der Waals surface area contributed by atoms with E-state index < -0.39 is 6.36 Å². The number of hydrogen-bond acceptors (Lipinski definition) is 4. The summed E-state index contributed by atoms with van der Waals surface area (Å²) in [4.78, 5) is 6.23. The third kappa shape index (κ3) is 3.72. The van der Waals surface area contributed by atoms with Crippen LogP contribution in [0.5, 0.6) is 11.5 Å². The van der Waals surface area contributed by atoms with Crippen LogP contribution < -0.4 is 14.4 Å². The second-order valence-corrected chi connectivity index (χ2v) is 5.52. The van der Waals surface area contributed by atoms with Crippen LogP contribution in [0, 0.1) is 0 Å². The zero-order chi connectivity index (χ0) is 17.2. The second kappa shape index (κ2) is 6.59. The Morgan fingerprint density at radius 2 is 1.79 bits per heavy atom. The van der Waals surface area contributed by atoms with Crippen LogP contribution in [0.1, 0.15) is 24.4 Å². The van der Waals surface area contributed by atoms with Gasteiger partial charge in [0.25, 0.3) is 0 Å². The van der Waals surface area contributed by atoms with Gasteiger partial charge >= 0.3 is 6.36 Å². The average molecular weight is 338 g/mol. The van der Waals surface area contributed by atoms with Crippen LogP contribution in [-0.4, -0.2) is 25.0 Å². The lowest BCUT2D eigenvalue weighted by molar-refractivity contribution is -0.274. The maximum Gasteiger partial charge on any atom is 0.573 e. The molecule has 7 heteroatoms. The molecule has 1 fully saturated rings. The molecule has 2 aromatic rings. The number of hydrogen-bond donors (Lipinski definition) is 0. The first-order valence-electron chi connectivity index (χ1n) is 7.59. The Morgan fingerprint density at radius 3 is 2.38 bits per heavy atom. The van der Waals surface area contributed by atoms with E-state index in [9.17, 15) is 13.2 Å². The van der Waals surface area contributed by atoms with Gasteiger partial charge in [0.2, 0.25) is 0 Å². The van der Waals surface area contributed by atoms with Gasteiger partial charge in [-0.3, -0.25) is 0 Å². The number of ether oxygens (including phenoxy) is 2. The maximum atomic E-state index is 12.2. The zero-order valence-corrected chi connectivity index (χ0v) is 13.1. The summed E-state index contributed by atoms with van der Waals surface area (Å²) < 4.78 is 45.7. The molecule has 24 heavy (non-hydrogen) atoms. The topological polar surface area (TPSA) is 34.6 Å². The number of halogens is 3. The van der Waals surface area contributed by atoms with Crippen LogP contribution in [0.4, 0.5) is 19.0 Å². The summed E-state index contributed by atoms with van der Waals surface area (Å²) in [5.41, 5.74) is 1.13. The molecule has 4 nitrogen and oxygen atoms in total. The highest BCUT2D eigenvalue weighted by Gasteiger charge is 2.32. The normalized spacial score (nSPS) is 17.8. The van der Waals surface area contributed by atoms with Crippen molar-refractivity contribution >= 4 is 5.82 Å². The molecule has 1 aliphatic heterocycles. The van der Waals surface area contributed by atoms with E-state index in [0.717, 1.165) is 36.9 Å². The van der Waals surface area contributed by atoms with Crippen molar-refractivity contribution in [2.24, 2.45) is 0 Å². The molecular weight excluding hydrogens is 321 g/mol. The minimum absolute atomic E-state index is 0.151.